The number of rotatable bonds is 4. The minimum Gasteiger partial charge on any atom is -0.348 e. The lowest BCUT2D eigenvalue weighted by Crippen LogP contribution is -2.14. The molecule has 0 aliphatic carbocycles. The van der Waals surface area contributed by atoms with E-state index < -0.39 is 0 Å². The van der Waals surface area contributed by atoms with Gasteiger partial charge in [-0.2, -0.15) is 0 Å². The van der Waals surface area contributed by atoms with E-state index >= 15 is 0 Å². The Labute approximate surface area is 79.3 Å². The molecule has 0 aromatic carbocycles. The molecule has 0 spiro atoms. The molecule has 3 nitrogen and oxygen atoms in total. The van der Waals surface area contributed by atoms with Crippen LogP contribution in [0.3, 0.4) is 0 Å². The van der Waals surface area contributed by atoms with Gasteiger partial charge in [-0.3, -0.25) is 0 Å². The summed E-state index contributed by atoms with van der Waals surface area (Å²) in [5.74, 6) is 0. The Kier molecular flexibility index (Phi) is 3.71. The van der Waals surface area contributed by atoms with E-state index in [4.69, 9.17) is 0 Å². The van der Waals surface area contributed by atoms with Gasteiger partial charge in [0.1, 0.15) is 0 Å². The van der Waals surface area contributed by atoms with Crippen LogP contribution in [0.4, 0.5) is 0 Å². The van der Waals surface area contributed by atoms with Gasteiger partial charge in [-0.15, -0.1) is 0 Å². The first-order valence-electron chi connectivity index (χ1n) is 4.53. The quantitative estimate of drug-likeness (QED) is 0.546. The molecular weight excluding hydrogens is 162 g/mol. The standard InChI is InChI=1S/C10H17N3/c1-8(2)4-5-11-6-10-9(3)12-7-13-10/h4,7,11H,5-6H2,1-3H3,(H,12,13). The van der Waals surface area contributed by atoms with Crippen LogP contribution < -0.4 is 5.32 Å². The molecule has 1 rings (SSSR count). The molecule has 0 bridgehead atoms. The van der Waals surface area contributed by atoms with E-state index in [1.165, 1.54) is 5.57 Å². The van der Waals surface area contributed by atoms with E-state index in [0.717, 1.165) is 24.5 Å². The van der Waals surface area contributed by atoms with Crippen molar-refractivity contribution < 1.29 is 0 Å². The van der Waals surface area contributed by atoms with Crippen molar-refractivity contribution in [3.8, 4) is 0 Å². The van der Waals surface area contributed by atoms with Crippen LogP contribution in [0.2, 0.25) is 0 Å². The third kappa shape index (κ3) is 3.42. The molecule has 0 amide bonds. The lowest BCUT2D eigenvalue weighted by atomic mass is 10.3. The SMILES string of the molecule is CC(C)=CCNCc1nc[nH]c1C. The predicted octanol–water partition coefficient (Wildman–Crippen LogP) is 1.77. The van der Waals surface area contributed by atoms with Gasteiger partial charge in [-0.05, 0) is 20.8 Å². The molecule has 13 heavy (non-hydrogen) atoms. The zero-order valence-electron chi connectivity index (χ0n) is 8.52. The molecule has 72 valence electrons. The normalized spacial score (nSPS) is 10.1. The predicted molar refractivity (Wildman–Crippen MR) is 54.5 cm³/mol. The Morgan fingerprint density at radius 1 is 1.62 bits per heavy atom. The molecular formula is C10H17N3. The number of hydrogen-bond donors (Lipinski definition) is 2. The molecule has 0 saturated heterocycles. The van der Waals surface area contributed by atoms with Crippen molar-refractivity contribution in [3.63, 3.8) is 0 Å². The summed E-state index contributed by atoms with van der Waals surface area (Å²) in [5, 5.41) is 3.30. The van der Waals surface area contributed by atoms with E-state index in [9.17, 15) is 0 Å². The molecule has 0 atom stereocenters. The van der Waals surface area contributed by atoms with Gasteiger partial charge in [0.25, 0.3) is 0 Å². The van der Waals surface area contributed by atoms with Crippen molar-refractivity contribution in [2.24, 2.45) is 0 Å². The maximum Gasteiger partial charge on any atom is 0.0925 e. The topological polar surface area (TPSA) is 40.7 Å². The molecule has 0 fully saturated rings. The number of imidazole rings is 1. The van der Waals surface area contributed by atoms with Crippen LogP contribution in [-0.2, 0) is 6.54 Å². The zero-order valence-corrected chi connectivity index (χ0v) is 8.52. The monoisotopic (exact) mass is 179 g/mol. The second kappa shape index (κ2) is 4.82. The number of allylic oxidation sites excluding steroid dienone is 1. The van der Waals surface area contributed by atoms with E-state index in [1.807, 2.05) is 6.92 Å². The summed E-state index contributed by atoms with van der Waals surface area (Å²) >= 11 is 0. The number of aromatic nitrogens is 2. The molecule has 2 N–H and O–H groups in total. The third-order valence-corrected chi connectivity index (χ3v) is 1.88. The second-order valence-electron chi connectivity index (χ2n) is 3.39. The van der Waals surface area contributed by atoms with Crippen LogP contribution in [0.15, 0.2) is 18.0 Å². The van der Waals surface area contributed by atoms with Gasteiger partial charge in [0.15, 0.2) is 0 Å². The molecule has 0 unspecified atom stereocenters. The van der Waals surface area contributed by atoms with E-state index in [-0.39, 0.29) is 0 Å². The minimum atomic E-state index is 0.832. The van der Waals surface area contributed by atoms with Gasteiger partial charge in [-0.1, -0.05) is 11.6 Å². The third-order valence-electron chi connectivity index (χ3n) is 1.88. The number of aromatic amines is 1. The van der Waals surface area contributed by atoms with Crippen LogP contribution in [0, 0.1) is 6.92 Å². The largest absolute Gasteiger partial charge is 0.348 e. The zero-order chi connectivity index (χ0) is 9.68. The summed E-state index contributed by atoms with van der Waals surface area (Å²) < 4.78 is 0. The molecule has 3 heteroatoms. The van der Waals surface area contributed by atoms with Crippen LogP contribution in [0.5, 0.6) is 0 Å². The fraction of sp³-hybridized carbons (Fsp3) is 0.500. The van der Waals surface area contributed by atoms with Crippen molar-refractivity contribution in [1.29, 1.82) is 0 Å². The highest BCUT2D eigenvalue weighted by Gasteiger charge is 1.97. The van der Waals surface area contributed by atoms with Gasteiger partial charge in [0, 0.05) is 18.8 Å². The lowest BCUT2D eigenvalue weighted by molar-refractivity contribution is 0.737. The second-order valence-corrected chi connectivity index (χ2v) is 3.39. The Morgan fingerprint density at radius 3 is 2.92 bits per heavy atom. The molecule has 1 aromatic heterocycles. The Hall–Kier alpha value is -1.09. The Morgan fingerprint density at radius 2 is 2.38 bits per heavy atom. The molecule has 0 aliphatic rings. The maximum absolute atomic E-state index is 4.19. The van der Waals surface area contributed by atoms with Crippen LogP contribution in [0.25, 0.3) is 0 Å². The van der Waals surface area contributed by atoms with E-state index in [2.05, 4.69) is 35.2 Å². The van der Waals surface area contributed by atoms with Gasteiger partial charge in [-0.25, -0.2) is 4.98 Å². The highest BCUT2D eigenvalue weighted by molar-refractivity contribution is 5.08. The Bertz CT molecular complexity index is 282. The Balaban J connectivity index is 2.28. The van der Waals surface area contributed by atoms with Crippen molar-refractivity contribution in [3.05, 3.63) is 29.4 Å². The maximum atomic E-state index is 4.19. The van der Waals surface area contributed by atoms with Crippen LogP contribution in [-0.4, -0.2) is 16.5 Å². The first-order chi connectivity index (χ1) is 6.20. The number of nitrogens with zero attached hydrogens (tertiary/aromatic N) is 1. The fourth-order valence-electron chi connectivity index (χ4n) is 1.03. The molecule has 0 radical (unpaired) electrons. The molecule has 1 heterocycles. The van der Waals surface area contributed by atoms with E-state index in [0.29, 0.717) is 0 Å². The van der Waals surface area contributed by atoms with Gasteiger partial charge >= 0.3 is 0 Å². The lowest BCUT2D eigenvalue weighted by Gasteiger charge is -1.99. The van der Waals surface area contributed by atoms with E-state index in [1.54, 1.807) is 6.33 Å². The number of nitrogens with one attached hydrogen (secondary N) is 2. The summed E-state index contributed by atoms with van der Waals surface area (Å²) in [7, 11) is 0. The average Bonchev–Trinajstić information content (AvgIpc) is 2.45. The van der Waals surface area contributed by atoms with Gasteiger partial charge < -0.3 is 10.3 Å². The first kappa shape index (κ1) is 9.99. The summed E-state index contributed by atoms with van der Waals surface area (Å²) in [6, 6.07) is 0. The smallest absolute Gasteiger partial charge is 0.0925 e. The van der Waals surface area contributed by atoms with Crippen molar-refractivity contribution in [2.45, 2.75) is 27.3 Å². The molecule has 0 saturated carbocycles. The average molecular weight is 179 g/mol. The van der Waals surface area contributed by atoms with Crippen molar-refractivity contribution >= 4 is 0 Å². The van der Waals surface area contributed by atoms with Crippen molar-refractivity contribution in [1.82, 2.24) is 15.3 Å². The molecule has 0 aliphatic heterocycles. The van der Waals surface area contributed by atoms with Crippen molar-refractivity contribution in [2.75, 3.05) is 6.54 Å². The molecule has 1 aromatic rings. The fourth-order valence-corrected chi connectivity index (χ4v) is 1.03. The van der Waals surface area contributed by atoms with Crippen LogP contribution >= 0.6 is 0 Å². The highest BCUT2D eigenvalue weighted by atomic mass is 14.9. The summed E-state index contributed by atoms with van der Waals surface area (Å²) in [4.78, 5) is 7.25. The number of H-pyrrole nitrogens is 1. The van der Waals surface area contributed by atoms with Gasteiger partial charge in [0.05, 0.1) is 12.0 Å². The summed E-state index contributed by atoms with van der Waals surface area (Å²) in [5.41, 5.74) is 3.58. The first-order valence-corrected chi connectivity index (χ1v) is 4.53. The number of aryl methyl sites for hydroxylation is 1. The number of hydrogen-bond acceptors (Lipinski definition) is 2. The highest BCUT2D eigenvalue weighted by Crippen LogP contribution is 1.98. The van der Waals surface area contributed by atoms with Gasteiger partial charge in [0.2, 0.25) is 0 Å². The van der Waals surface area contributed by atoms with Crippen LogP contribution in [0.1, 0.15) is 25.2 Å². The summed E-state index contributed by atoms with van der Waals surface area (Å²) in [6.45, 7) is 7.97. The summed E-state index contributed by atoms with van der Waals surface area (Å²) in [6.07, 6.45) is 3.90. The minimum absolute atomic E-state index is 0.832.